The van der Waals surface area contributed by atoms with Gasteiger partial charge in [0.2, 0.25) is 10.0 Å². The molecular formula is C14H22N2O2S. The van der Waals surface area contributed by atoms with Crippen molar-refractivity contribution in [2.75, 3.05) is 18.0 Å². The SMILES string of the molecule is CC(C)CCS(=O)(=O)N1CCc2ccc(N)cc2C1. The second kappa shape index (κ2) is 5.51. The molecule has 0 atom stereocenters. The predicted molar refractivity (Wildman–Crippen MR) is 78.2 cm³/mol. The lowest BCUT2D eigenvalue weighted by Crippen LogP contribution is -2.37. The Morgan fingerprint density at radius 1 is 1.32 bits per heavy atom. The van der Waals surface area contributed by atoms with Crippen LogP contribution in [0.1, 0.15) is 31.4 Å². The monoisotopic (exact) mass is 282 g/mol. The predicted octanol–water partition coefficient (Wildman–Crippen LogP) is 2.00. The quantitative estimate of drug-likeness (QED) is 0.859. The van der Waals surface area contributed by atoms with Crippen molar-refractivity contribution in [3.05, 3.63) is 29.3 Å². The molecule has 5 heteroatoms. The average Bonchev–Trinajstić information content (AvgIpc) is 2.35. The number of hydrogen-bond donors (Lipinski definition) is 1. The number of nitrogen functional groups attached to an aromatic ring is 1. The molecule has 1 heterocycles. The van der Waals surface area contributed by atoms with Crippen LogP contribution in [0, 0.1) is 5.92 Å². The minimum atomic E-state index is -3.14. The maximum absolute atomic E-state index is 12.3. The molecule has 19 heavy (non-hydrogen) atoms. The topological polar surface area (TPSA) is 63.4 Å². The van der Waals surface area contributed by atoms with Crippen molar-refractivity contribution in [2.45, 2.75) is 33.2 Å². The van der Waals surface area contributed by atoms with Crippen molar-refractivity contribution in [3.63, 3.8) is 0 Å². The van der Waals surface area contributed by atoms with Crippen LogP contribution in [0.2, 0.25) is 0 Å². The summed E-state index contributed by atoms with van der Waals surface area (Å²) in [4.78, 5) is 0. The molecule has 2 N–H and O–H groups in total. The fraction of sp³-hybridized carbons (Fsp3) is 0.571. The molecule has 0 bridgehead atoms. The van der Waals surface area contributed by atoms with E-state index in [9.17, 15) is 8.42 Å². The number of rotatable bonds is 4. The van der Waals surface area contributed by atoms with Gasteiger partial charge in [-0.2, -0.15) is 4.31 Å². The van der Waals surface area contributed by atoms with Crippen molar-refractivity contribution in [2.24, 2.45) is 5.92 Å². The van der Waals surface area contributed by atoms with Crippen LogP contribution in [0.3, 0.4) is 0 Å². The third kappa shape index (κ3) is 3.48. The normalized spacial score (nSPS) is 16.6. The van der Waals surface area contributed by atoms with Crippen molar-refractivity contribution in [1.82, 2.24) is 4.31 Å². The van der Waals surface area contributed by atoms with Crippen LogP contribution in [0.15, 0.2) is 18.2 Å². The van der Waals surface area contributed by atoms with Gasteiger partial charge in [-0.1, -0.05) is 19.9 Å². The molecular weight excluding hydrogens is 260 g/mol. The van der Waals surface area contributed by atoms with E-state index < -0.39 is 10.0 Å². The van der Waals surface area contributed by atoms with Crippen molar-refractivity contribution in [3.8, 4) is 0 Å². The number of fused-ring (bicyclic) bond motifs is 1. The van der Waals surface area contributed by atoms with Gasteiger partial charge in [0, 0.05) is 18.8 Å². The lowest BCUT2D eigenvalue weighted by molar-refractivity contribution is 0.389. The molecule has 0 aliphatic carbocycles. The highest BCUT2D eigenvalue weighted by Crippen LogP contribution is 2.23. The highest BCUT2D eigenvalue weighted by atomic mass is 32.2. The summed E-state index contributed by atoms with van der Waals surface area (Å²) in [6.45, 7) is 5.13. The van der Waals surface area contributed by atoms with Gasteiger partial charge in [-0.3, -0.25) is 0 Å². The van der Waals surface area contributed by atoms with Crippen LogP contribution in [-0.4, -0.2) is 25.0 Å². The maximum atomic E-state index is 12.3. The smallest absolute Gasteiger partial charge is 0.214 e. The molecule has 1 aliphatic heterocycles. The Hall–Kier alpha value is -1.07. The van der Waals surface area contributed by atoms with E-state index in [0.29, 0.717) is 31.1 Å². The van der Waals surface area contributed by atoms with Gasteiger partial charge in [0.15, 0.2) is 0 Å². The first-order chi connectivity index (χ1) is 8.88. The summed E-state index contributed by atoms with van der Waals surface area (Å²) in [7, 11) is -3.14. The minimum absolute atomic E-state index is 0.238. The second-order valence-corrected chi connectivity index (χ2v) is 7.70. The molecule has 2 rings (SSSR count). The zero-order valence-corrected chi connectivity index (χ0v) is 12.4. The fourth-order valence-electron chi connectivity index (χ4n) is 2.30. The van der Waals surface area contributed by atoms with Crippen LogP contribution >= 0.6 is 0 Å². The summed E-state index contributed by atoms with van der Waals surface area (Å²) in [6.07, 6.45) is 1.49. The molecule has 0 unspecified atom stereocenters. The summed E-state index contributed by atoms with van der Waals surface area (Å²) in [5.41, 5.74) is 8.71. The summed E-state index contributed by atoms with van der Waals surface area (Å²) < 4.78 is 26.2. The minimum Gasteiger partial charge on any atom is -0.399 e. The van der Waals surface area contributed by atoms with Crippen LogP contribution in [0.4, 0.5) is 5.69 Å². The Morgan fingerprint density at radius 2 is 2.05 bits per heavy atom. The van der Waals surface area contributed by atoms with E-state index >= 15 is 0 Å². The Kier molecular flexibility index (Phi) is 4.16. The van der Waals surface area contributed by atoms with Gasteiger partial charge in [0.25, 0.3) is 0 Å². The van der Waals surface area contributed by atoms with Crippen molar-refractivity contribution in [1.29, 1.82) is 0 Å². The third-order valence-electron chi connectivity index (χ3n) is 3.55. The average molecular weight is 282 g/mol. The summed E-state index contributed by atoms with van der Waals surface area (Å²) in [5.74, 6) is 0.643. The molecule has 0 radical (unpaired) electrons. The number of anilines is 1. The van der Waals surface area contributed by atoms with Crippen molar-refractivity contribution >= 4 is 15.7 Å². The van der Waals surface area contributed by atoms with E-state index in [4.69, 9.17) is 5.73 Å². The Morgan fingerprint density at radius 3 is 2.74 bits per heavy atom. The number of nitrogens with two attached hydrogens (primary N) is 1. The molecule has 0 saturated heterocycles. The highest BCUT2D eigenvalue weighted by molar-refractivity contribution is 7.89. The Bertz CT molecular complexity index is 553. The fourth-order valence-corrected chi connectivity index (χ4v) is 4.03. The van der Waals surface area contributed by atoms with Gasteiger partial charge in [-0.25, -0.2) is 8.42 Å². The molecule has 0 spiro atoms. The van der Waals surface area contributed by atoms with Gasteiger partial charge in [0.1, 0.15) is 0 Å². The molecule has 106 valence electrons. The van der Waals surface area contributed by atoms with E-state index in [0.717, 1.165) is 12.0 Å². The van der Waals surface area contributed by atoms with Gasteiger partial charge in [-0.15, -0.1) is 0 Å². The number of sulfonamides is 1. The molecule has 4 nitrogen and oxygen atoms in total. The molecule has 1 aromatic carbocycles. The van der Waals surface area contributed by atoms with Gasteiger partial charge in [-0.05, 0) is 42.0 Å². The number of nitrogens with zero attached hydrogens (tertiary/aromatic N) is 1. The number of benzene rings is 1. The summed E-state index contributed by atoms with van der Waals surface area (Å²) in [5, 5.41) is 0. The van der Waals surface area contributed by atoms with Gasteiger partial charge >= 0.3 is 0 Å². The summed E-state index contributed by atoms with van der Waals surface area (Å²) in [6, 6.07) is 5.77. The highest BCUT2D eigenvalue weighted by Gasteiger charge is 2.26. The lowest BCUT2D eigenvalue weighted by atomic mass is 10.0. The first-order valence-electron chi connectivity index (χ1n) is 6.73. The molecule has 0 amide bonds. The van der Waals surface area contributed by atoms with Crippen LogP contribution in [-0.2, 0) is 23.0 Å². The van der Waals surface area contributed by atoms with Crippen LogP contribution in [0.25, 0.3) is 0 Å². The van der Waals surface area contributed by atoms with Crippen LogP contribution in [0.5, 0.6) is 0 Å². The molecule has 0 fully saturated rings. The van der Waals surface area contributed by atoms with E-state index in [1.165, 1.54) is 5.56 Å². The molecule has 0 saturated carbocycles. The van der Waals surface area contributed by atoms with E-state index in [1.54, 1.807) is 4.31 Å². The first kappa shape index (κ1) is 14.3. The van der Waals surface area contributed by atoms with E-state index in [-0.39, 0.29) is 5.75 Å². The van der Waals surface area contributed by atoms with Gasteiger partial charge in [0.05, 0.1) is 5.75 Å². The lowest BCUT2D eigenvalue weighted by Gasteiger charge is -2.28. The maximum Gasteiger partial charge on any atom is 0.214 e. The van der Waals surface area contributed by atoms with Crippen LogP contribution < -0.4 is 5.73 Å². The van der Waals surface area contributed by atoms with Gasteiger partial charge < -0.3 is 5.73 Å². The Labute approximate surface area is 115 Å². The zero-order valence-electron chi connectivity index (χ0n) is 11.6. The first-order valence-corrected chi connectivity index (χ1v) is 8.34. The second-order valence-electron chi connectivity index (χ2n) is 5.61. The van der Waals surface area contributed by atoms with E-state index in [2.05, 4.69) is 0 Å². The third-order valence-corrected chi connectivity index (χ3v) is 5.40. The number of hydrogen-bond acceptors (Lipinski definition) is 3. The summed E-state index contributed by atoms with van der Waals surface area (Å²) >= 11 is 0. The largest absolute Gasteiger partial charge is 0.399 e. The standard InChI is InChI=1S/C14H22N2O2S/c1-11(2)6-8-19(17,18)16-7-5-12-3-4-14(15)9-13(12)10-16/h3-4,9,11H,5-8,10,15H2,1-2H3. The van der Waals surface area contributed by atoms with E-state index in [1.807, 2.05) is 32.0 Å². The van der Waals surface area contributed by atoms with Crippen molar-refractivity contribution < 1.29 is 8.42 Å². The molecule has 1 aromatic rings. The zero-order chi connectivity index (χ0) is 14.0. The Balaban J connectivity index is 2.12. The molecule has 0 aromatic heterocycles. The molecule has 1 aliphatic rings.